The number of hydrogen-bond donors (Lipinski definition) is 2. The average Bonchev–Trinajstić information content (AvgIpc) is 2.53. The number of allylic oxidation sites excluding steroid dienone is 1. The molecule has 0 aromatic heterocycles. The summed E-state index contributed by atoms with van der Waals surface area (Å²) in [5.74, 6) is -0.0981. The first-order valence-corrected chi connectivity index (χ1v) is 9.75. The van der Waals surface area contributed by atoms with Crippen molar-refractivity contribution in [3.05, 3.63) is 12.2 Å². The molecule has 0 aliphatic rings. The van der Waals surface area contributed by atoms with E-state index in [9.17, 15) is 4.79 Å². The highest BCUT2D eigenvalue weighted by molar-refractivity contribution is 5.73. The number of carbonyl (C=O) groups is 1. The van der Waals surface area contributed by atoms with Gasteiger partial charge in [-0.05, 0) is 12.8 Å². The van der Waals surface area contributed by atoms with E-state index in [1.54, 1.807) is 0 Å². The van der Waals surface area contributed by atoms with Gasteiger partial charge in [-0.25, -0.2) is 0 Å². The standard InChI is InChI=1S/C20H39NO2/c1-3-4-5-6-7-8-9-10-11-12-13-14-15-16-17-20(18-22)21-19(2)23/h16-17,20,22H,3-15,18H2,1-2H3,(H,21,23)/b17-16-/t20-/m1/s1. The summed E-state index contributed by atoms with van der Waals surface area (Å²) in [5.41, 5.74) is 0. The predicted molar refractivity (Wildman–Crippen MR) is 99.5 cm³/mol. The number of nitrogens with one attached hydrogen (secondary N) is 1. The number of aliphatic hydroxyl groups excluding tert-OH is 1. The lowest BCUT2D eigenvalue weighted by Crippen LogP contribution is -2.34. The molecule has 0 rings (SSSR count). The molecule has 1 atom stereocenters. The molecule has 0 aliphatic carbocycles. The molecule has 2 N–H and O–H groups in total. The largest absolute Gasteiger partial charge is 0.394 e. The summed E-state index contributed by atoms with van der Waals surface area (Å²) in [4.78, 5) is 10.9. The molecule has 3 heteroatoms. The maximum absolute atomic E-state index is 10.9. The first kappa shape index (κ1) is 22.2. The van der Waals surface area contributed by atoms with Gasteiger partial charge in [0.1, 0.15) is 0 Å². The number of amides is 1. The van der Waals surface area contributed by atoms with Crippen LogP contribution in [0.4, 0.5) is 0 Å². The van der Waals surface area contributed by atoms with Crippen molar-refractivity contribution >= 4 is 5.91 Å². The molecule has 0 heterocycles. The van der Waals surface area contributed by atoms with E-state index in [4.69, 9.17) is 5.11 Å². The van der Waals surface area contributed by atoms with Crippen LogP contribution < -0.4 is 5.32 Å². The Morgan fingerprint density at radius 2 is 1.39 bits per heavy atom. The van der Waals surface area contributed by atoms with Crippen LogP contribution >= 0.6 is 0 Å². The molecule has 0 saturated heterocycles. The summed E-state index contributed by atoms with van der Waals surface area (Å²) in [6, 6.07) is -0.232. The lowest BCUT2D eigenvalue weighted by Gasteiger charge is -2.09. The van der Waals surface area contributed by atoms with Gasteiger partial charge in [0, 0.05) is 6.92 Å². The fourth-order valence-corrected chi connectivity index (χ4v) is 2.78. The van der Waals surface area contributed by atoms with E-state index in [-0.39, 0.29) is 18.6 Å². The van der Waals surface area contributed by atoms with Crippen molar-refractivity contribution in [3.63, 3.8) is 0 Å². The van der Waals surface area contributed by atoms with Crippen LogP contribution in [0.25, 0.3) is 0 Å². The van der Waals surface area contributed by atoms with Crippen LogP contribution in [0, 0.1) is 0 Å². The molecule has 0 fully saturated rings. The highest BCUT2D eigenvalue weighted by Gasteiger charge is 2.02. The normalized spacial score (nSPS) is 12.7. The van der Waals surface area contributed by atoms with E-state index in [0.717, 1.165) is 6.42 Å². The first-order chi connectivity index (χ1) is 11.2. The molecule has 0 unspecified atom stereocenters. The summed E-state index contributed by atoms with van der Waals surface area (Å²) >= 11 is 0. The number of unbranched alkanes of at least 4 members (excludes halogenated alkanes) is 12. The van der Waals surface area contributed by atoms with Gasteiger partial charge in [0.05, 0.1) is 12.6 Å². The maximum Gasteiger partial charge on any atom is 0.217 e. The number of carbonyl (C=O) groups excluding carboxylic acids is 1. The lowest BCUT2D eigenvalue weighted by atomic mass is 10.0. The summed E-state index contributed by atoms with van der Waals surface area (Å²) in [6.07, 6.45) is 21.4. The van der Waals surface area contributed by atoms with E-state index >= 15 is 0 Å². The fourth-order valence-electron chi connectivity index (χ4n) is 2.78. The quantitative estimate of drug-likeness (QED) is 0.305. The summed E-state index contributed by atoms with van der Waals surface area (Å²) in [5, 5.41) is 11.8. The van der Waals surface area contributed by atoms with E-state index in [0.29, 0.717) is 0 Å². The Morgan fingerprint density at radius 1 is 0.913 bits per heavy atom. The SMILES string of the molecule is CCCCCCCCCCCCCC/C=C\[C@H](CO)NC(C)=O. The topological polar surface area (TPSA) is 49.3 Å². The monoisotopic (exact) mass is 325 g/mol. The zero-order chi connectivity index (χ0) is 17.2. The molecule has 3 nitrogen and oxygen atoms in total. The van der Waals surface area contributed by atoms with Gasteiger partial charge in [0.25, 0.3) is 0 Å². The van der Waals surface area contributed by atoms with Crippen molar-refractivity contribution in [1.82, 2.24) is 5.32 Å². The Hall–Kier alpha value is -0.830. The number of rotatable bonds is 16. The minimum atomic E-state index is -0.232. The number of hydrogen-bond acceptors (Lipinski definition) is 2. The van der Waals surface area contributed by atoms with Gasteiger partial charge < -0.3 is 10.4 Å². The highest BCUT2D eigenvalue weighted by atomic mass is 16.3. The van der Waals surface area contributed by atoms with E-state index in [2.05, 4.69) is 18.3 Å². The van der Waals surface area contributed by atoms with Crippen LogP contribution in [0.1, 0.15) is 97.3 Å². The third-order valence-electron chi connectivity index (χ3n) is 4.18. The van der Waals surface area contributed by atoms with Crippen LogP contribution in [0.5, 0.6) is 0 Å². The van der Waals surface area contributed by atoms with Crippen molar-refractivity contribution < 1.29 is 9.90 Å². The zero-order valence-electron chi connectivity index (χ0n) is 15.5. The Labute approximate surface area is 143 Å². The molecule has 23 heavy (non-hydrogen) atoms. The van der Waals surface area contributed by atoms with Crippen molar-refractivity contribution in [1.29, 1.82) is 0 Å². The Morgan fingerprint density at radius 3 is 1.83 bits per heavy atom. The first-order valence-electron chi connectivity index (χ1n) is 9.75. The Bertz CT molecular complexity index is 289. The molecule has 0 radical (unpaired) electrons. The molecule has 1 amide bonds. The van der Waals surface area contributed by atoms with E-state index in [1.807, 2.05) is 6.08 Å². The van der Waals surface area contributed by atoms with Gasteiger partial charge in [0.2, 0.25) is 5.91 Å². The zero-order valence-corrected chi connectivity index (χ0v) is 15.5. The smallest absolute Gasteiger partial charge is 0.217 e. The van der Waals surface area contributed by atoms with E-state index < -0.39 is 0 Å². The molecule has 0 bridgehead atoms. The molecule has 136 valence electrons. The van der Waals surface area contributed by atoms with E-state index in [1.165, 1.54) is 84.0 Å². The lowest BCUT2D eigenvalue weighted by molar-refractivity contribution is -0.119. The van der Waals surface area contributed by atoms with Gasteiger partial charge in [-0.1, -0.05) is 89.7 Å². The minimum absolute atomic E-state index is 0.0332. The van der Waals surface area contributed by atoms with Gasteiger partial charge in [-0.15, -0.1) is 0 Å². The summed E-state index contributed by atoms with van der Waals surface area (Å²) in [7, 11) is 0. The Balaban J connectivity index is 3.28. The second-order valence-electron chi connectivity index (χ2n) is 6.60. The van der Waals surface area contributed by atoms with Crippen LogP contribution in [0.2, 0.25) is 0 Å². The van der Waals surface area contributed by atoms with Crippen LogP contribution in [-0.2, 0) is 4.79 Å². The van der Waals surface area contributed by atoms with Gasteiger partial charge in [0.15, 0.2) is 0 Å². The van der Waals surface area contributed by atoms with Gasteiger partial charge >= 0.3 is 0 Å². The van der Waals surface area contributed by atoms with Crippen LogP contribution in [0.15, 0.2) is 12.2 Å². The molecule has 0 saturated carbocycles. The molecule has 0 aromatic carbocycles. The second kappa shape index (κ2) is 17.5. The molecular formula is C20H39NO2. The number of aliphatic hydroxyl groups is 1. The van der Waals surface area contributed by atoms with Gasteiger partial charge in [-0.3, -0.25) is 4.79 Å². The second-order valence-corrected chi connectivity index (χ2v) is 6.60. The van der Waals surface area contributed by atoms with Crippen LogP contribution in [0.3, 0.4) is 0 Å². The minimum Gasteiger partial charge on any atom is -0.394 e. The van der Waals surface area contributed by atoms with Crippen molar-refractivity contribution in [3.8, 4) is 0 Å². The molecule has 0 aromatic rings. The molecule has 0 aliphatic heterocycles. The summed E-state index contributed by atoms with van der Waals surface area (Å²) in [6.45, 7) is 3.71. The predicted octanol–water partition coefficient (Wildman–Crippen LogP) is 5.13. The van der Waals surface area contributed by atoms with Crippen molar-refractivity contribution in [2.75, 3.05) is 6.61 Å². The Kier molecular flexibility index (Phi) is 16.9. The molecule has 0 spiro atoms. The highest BCUT2D eigenvalue weighted by Crippen LogP contribution is 2.12. The van der Waals surface area contributed by atoms with Crippen molar-refractivity contribution in [2.24, 2.45) is 0 Å². The third-order valence-corrected chi connectivity index (χ3v) is 4.18. The average molecular weight is 326 g/mol. The molecular weight excluding hydrogens is 286 g/mol. The van der Waals surface area contributed by atoms with Gasteiger partial charge in [-0.2, -0.15) is 0 Å². The fraction of sp³-hybridized carbons (Fsp3) is 0.850. The summed E-state index contributed by atoms with van der Waals surface area (Å²) < 4.78 is 0. The van der Waals surface area contributed by atoms with Crippen molar-refractivity contribution in [2.45, 2.75) is 103 Å². The maximum atomic E-state index is 10.9. The third kappa shape index (κ3) is 17.4. The van der Waals surface area contributed by atoms with Crippen LogP contribution in [-0.4, -0.2) is 23.7 Å².